The Kier molecular flexibility index (Phi) is 6.23. The van der Waals surface area contributed by atoms with Gasteiger partial charge < -0.3 is 15.4 Å². The van der Waals surface area contributed by atoms with Crippen molar-refractivity contribution in [2.75, 3.05) is 5.75 Å². The lowest BCUT2D eigenvalue weighted by Crippen LogP contribution is -2.51. The molecule has 0 unspecified atom stereocenters. The molecule has 0 saturated carbocycles. The van der Waals surface area contributed by atoms with Crippen LogP contribution in [0.3, 0.4) is 0 Å². The minimum absolute atomic E-state index is 0.0222. The first kappa shape index (κ1) is 13.8. The van der Waals surface area contributed by atoms with Gasteiger partial charge in [0.1, 0.15) is 0 Å². The second kappa shape index (κ2) is 6.32. The lowest BCUT2D eigenvalue weighted by Gasteiger charge is -2.22. The zero-order valence-electron chi connectivity index (χ0n) is 8.77. The molecular weight excluding hydrogens is 201 g/mol. The van der Waals surface area contributed by atoms with Crippen LogP contribution in [0.15, 0.2) is 0 Å². The fourth-order valence-electron chi connectivity index (χ4n) is 0.975. The molecule has 0 aromatic rings. The topological polar surface area (TPSA) is 69.6 Å². The van der Waals surface area contributed by atoms with E-state index in [-0.39, 0.29) is 17.7 Å². The van der Waals surface area contributed by atoms with Crippen molar-refractivity contribution in [3.8, 4) is 0 Å². The SMILES string of the molecule is CC(C)[C@H](NC(=O)[C@H](C)CS)B(O)O. The third-order valence-electron chi connectivity index (χ3n) is 2.07. The fraction of sp³-hybridized carbons (Fsp3) is 0.875. The number of rotatable bonds is 5. The smallest absolute Gasteiger partial charge is 0.426 e. The molecule has 3 N–H and O–H groups in total. The number of carbonyl (C=O) groups excluding carboxylic acids is 1. The Labute approximate surface area is 90.6 Å². The van der Waals surface area contributed by atoms with E-state index >= 15 is 0 Å². The zero-order valence-corrected chi connectivity index (χ0v) is 9.66. The van der Waals surface area contributed by atoms with Crippen molar-refractivity contribution >= 4 is 25.7 Å². The van der Waals surface area contributed by atoms with E-state index in [1.54, 1.807) is 6.92 Å². The monoisotopic (exact) mass is 219 g/mol. The van der Waals surface area contributed by atoms with Gasteiger partial charge in [-0.15, -0.1) is 0 Å². The normalized spacial score (nSPS) is 15.1. The van der Waals surface area contributed by atoms with Crippen LogP contribution in [-0.2, 0) is 4.79 Å². The van der Waals surface area contributed by atoms with Crippen LogP contribution in [-0.4, -0.2) is 34.8 Å². The molecule has 0 aromatic carbocycles. The van der Waals surface area contributed by atoms with Crippen molar-refractivity contribution in [1.29, 1.82) is 0 Å². The number of carbonyl (C=O) groups is 1. The van der Waals surface area contributed by atoms with E-state index in [4.69, 9.17) is 10.0 Å². The Morgan fingerprint density at radius 2 is 1.93 bits per heavy atom. The highest BCUT2D eigenvalue weighted by atomic mass is 32.1. The van der Waals surface area contributed by atoms with Gasteiger partial charge in [0, 0.05) is 11.7 Å². The second-order valence-corrected chi connectivity index (χ2v) is 4.14. The highest BCUT2D eigenvalue weighted by Gasteiger charge is 2.29. The van der Waals surface area contributed by atoms with Crippen molar-refractivity contribution in [3.63, 3.8) is 0 Å². The number of hydrogen-bond acceptors (Lipinski definition) is 4. The van der Waals surface area contributed by atoms with Crippen molar-refractivity contribution in [2.45, 2.75) is 26.7 Å². The van der Waals surface area contributed by atoms with E-state index in [1.807, 2.05) is 13.8 Å². The number of amides is 1. The molecule has 2 atom stereocenters. The fourth-order valence-corrected chi connectivity index (χ4v) is 1.14. The van der Waals surface area contributed by atoms with Crippen LogP contribution in [0.5, 0.6) is 0 Å². The first-order valence-electron chi connectivity index (χ1n) is 4.67. The highest BCUT2D eigenvalue weighted by molar-refractivity contribution is 7.80. The van der Waals surface area contributed by atoms with Gasteiger partial charge in [-0.05, 0) is 5.92 Å². The summed E-state index contributed by atoms with van der Waals surface area (Å²) in [4.78, 5) is 11.4. The third kappa shape index (κ3) is 4.35. The molecule has 4 nitrogen and oxygen atoms in total. The van der Waals surface area contributed by atoms with E-state index < -0.39 is 13.1 Å². The van der Waals surface area contributed by atoms with E-state index in [1.165, 1.54) is 0 Å². The van der Waals surface area contributed by atoms with Gasteiger partial charge in [-0.2, -0.15) is 12.6 Å². The van der Waals surface area contributed by atoms with Crippen molar-refractivity contribution < 1.29 is 14.8 Å². The molecule has 0 radical (unpaired) electrons. The summed E-state index contributed by atoms with van der Waals surface area (Å²) in [6.45, 7) is 5.37. The Morgan fingerprint density at radius 3 is 2.21 bits per heavy atom. The maximum absolute atomic E-state index is 11.4. The maximum Gasteiger partial charge on any atom is 0.475 e. The van der Waals surface area contributed by atoms with E-state index in [0.717, 1.165) is 0 Å². The lowest BCUT2D eigenvalue weighted by molar-refractivity contribution is -0.124. The summed E-state index contributed by atoms with van der Waals surface area (Å²) in [7, 11) is -1.52. The van der Waals surface area contributed by atoms with Crippen LogP contribution in [0.1, 0.15) is 20.8 Å². The quantitative estimate of drug-likeness (QED) is 0.379. The van der Waals surface area contributed by atoms with Crippen molar-refractivity contribution in [1.82, 2.24) is 5.32 Å². The van der Waals surface area contributed by atoms with E-state index in [2.05, 4.69) is 17.9 Å². The van der Waals surface area contributed by atoms with Crippen LogP contribution in [0.4, 0.5) is 0 Å². The molecule has 0 bridgehead atoms. The standard InChI is InChI=1S/C8H18BNO3S/c1-5(2)7(9(12)13)10-8(11)6(3)4-14/h5-7,12-14H,4H2,1-3H3,(H,10,11)/t6-,7+/m1/s1. The molecule has 82 valence electrons. The summed E-state index contributed by atoms with van der Waals surface area (Å²) in [6, 6.07) is 0. The number of hydrogen-bond donors (Lipinski definition) is 4. The van der Waals surface area contributed by atoms with E-state index in [0.29, 0.717) is 5.75 Å². The molecule has 0 fully saturated rings. The van der Waals surface area contributed by atoms with Gasteiger partial charge in [0.25, 0.3) is 0 Å². The molecule has 0 rings (SSSR count). The average Bonchev–Trinajstić information content (AvgIpc) is 2.11. The van der Waals surface area contributed by atoms with Gasteiger partial charge in [0.15, 0.2) is 0 Å². The average molecular weight is 219 g/mol. The molecule has 14 heavy (non-hydrogen) atoms. The summed E-state index contributed by atoms with van der Waals surface area (Å²) >= 11 is 3.99. The molecule has 0 saturated heterocycles. The molecule has 0 spiro atoms. The van der Waals surface area contributed by atoms with Crippen LogP contribution >= 0.6 is 12.6 Å². The predicted molar refractivity (Wildman–Crippen MR) is 60.0 cm³/mol. The Bertz CT molecular complexity index is 181. The first-order chi connectivity index (χ1) is 6.40. The summed E-state index contributed by atoms with van der Waals surface area (Å²) < 4.78 is 0. The molecule has 0 aromatic heterocycles. The van der Waals surface area contributed by atoms with Gasteiger partial charge in [0.2, 0.25) is 5.91 Å². The van der Waals surface area contributed by atoms with Gasteiger partial charge in [-0.1, -0.05) is 20.8 Å². The zero-order chi connectivity index (χ0) is 11.3. The van der Waals surface area contributed by atoms with Crippen LogP contribution in [0.25, 0.3) is 0 Å². The van der Waals surface area contributed by atoms with Crippen LogP contribution in [0.2, 0.25) is 0 Å². The van der Waals surface area contributed by atoms with Gasteiger partial charge in [-0.3, -0.25) is 4.79 Å². The largest absolute Gasteiger partial charge is 0.475 e. The highest BCUT2D eigenvalue weighted by Crippen LogP contribution is 2.05. The number of thiol groups is 1. The van der Waals surface area contributed by atoms with Crippen molar-refractivity contribution in [2.24, 2.45) is 11.8 Å². The molecule has 0 aliphatic carbocycles. The van der Waals surface area contributed by atoms with Crippen LogP contribution in [0, 0.1) is 11.8 Å². The van der Waals surface area contributed by atoms with Crippen molar-refractivity contribution in [3.05, 3.63) is 0 Å². The van der Waals surface area contributed by atoms with E-state index in [9.17, 15) is 4.79 Å². The van der Waals surface area contributed by atoms with Gasteiger partial charge in [0.05, 0.1) is 5.94 Å². The third-order valence-corrected chi connectivity index (χ3v) is 2.62. The minimum Gasteiger partial charge on any atom is -0.426 e. The summed E-state index contributed by atoms with van der Waals surface area (Å²) in [5.41, 5.74) is 0. The Hall–Kier alpha value is -0.195. The summed E-state index contributed by atoms with van der Waals surface area (Å²) in [5, 5.41) is 20.6. The second-order valence-electron chi connectivity index (χ2n) is 3.78. The molecule has 1 amide bonds. The van der Waals surface area contributed by atoms with Gasteiger partial charge in [-0.25, -0.2) is 0 Å². The molecule has 0 aliphatic rings. The minimum atomic E-state index is -1.52. The Morgan fingerprint density at radius 1 is 1.43 bits per heavy atom. The summed E-state index contributed by atoms with van der Waals surface area (Å²) in [6.07, 6.45) is 0. The molecular formula is C8H18BNO3S. The first-order valence-corrected chi connectivity index (χ1v) is 5.30. The molecule has 0 heterocycles. The Balaban J connectivity index is 4.24. The van der Waals surface area contributed by atoms with Gasteiger partial charge >= 0.3 is 7.12 Å². The maximum atomic E-state index is 11.4. The van der Waals surface area contributed by atoms with Crippen LogP contribution < -0.4 is 5.32 Å². The predicted octanol–water partition coefficient (Wildman–Crippen LogP) is -0.295. The lowest BCUT2D eigenvalue weighted by atomic mass is 9.73. The summed E-state index contributed by atoms with van der Waals surface area (Å²) in [5.74, 6) is -0.626. The number of nitrogens with one attached hydrogen (secondary N) is 1. The molecule has 6 heteroatoms. The molecule has 0 aliphatic heterocycles.